The van der Waals surface area contributed by atoms with E-state index in [-0.39, 0.29) is 11.8 Å². The van der Waals surface area contributed by atoms with Crippen LogP contribution in [0.1, 0.15) is 29.7 Å². The minimum Gasteiger partial charge on any atom is -0.381 e. The summed E-state index contributed by atoms with van der Waals surface area (Å²) in [6, 6.07) is 8.18. The Labute approximate surface area is 136 Å². The highest BCUT2D eigenvalue weighted by Crippen LogP contribution is 2.22. The maximum atomic E-state index is 12.5. The van der Waals surface area contributed by atoms with Crippen molar-refractivity contribution in [3.63, 3.8) is 0 Å². The van der Waals surface area contributed by atoms with Crippen molar-refractivity contribution in [3.8, 4) is 5.69 Å². The van der Waals surface area contributed by atoms with E-state index in [1.165, 1.54) is 11.1 Å². The molecule has 0 spiro atoms. The molecule has 1 aliphatic rings. The zero-order valence-electron chi connectivity index (χ0n) is 13.9. The quantitative estimate of drug-likeness (QED) is 0.947. The fourth-order valence-corrected chi connectivity index (χ4v) is 3.05. The van der Waals surface area contributed by atoms with E-state index in [4.69, 9.17) is 4.74 Å². The van der Waals surface area contributed by atoms with Crippen molar-refractivity contribution in [2.24, 2.45) is 5.92 Å². The molecule has 23 heavy (non-hydrogen) atoms. The molecule has 1 aromatic carbocycles. The van der Waals surface area contributed by atoms with Gasteiger partial charge in [-0.15, -0.1) is 0 Å². The second kappa shape index (κ2) is 6.54. The second-order valence-corrected chi connectivity index (χ2v) is 6.30. The van der Waals surface area contributed by atoms with E-state index in [1.54, 1.807) is 0 Å². The second-order valence-electron chi connectivity index (χ2n) is 6.30. The van der Waals surface area contributed by atoms with Crippen LogP contribution < -0.4 is 5.32 Å². The monoisotopic (exact) mass is 313 g/mol. The number of carbonyl (C=O) groups is 1. The summed E-state index contributed by atoms with van der Waals surface area (Å²) in [6.45, 7) is 7.38. The van der Waals surface area contributed by atoms with Gasteiger partial charge in [0.05, 0.1) is 11.4 Å². The molecule has 0 saturated carbocycles. The smallest absolute Gasteiger partial charge is 0.228 e. The first kappa shape index (κ1) is 15.7. The van der Waals surface area contributed by atoms with E-state index in [2.05, 4.69) is 42.5 Å². The van der Waals surface area contributed by atoms with Gasteiger partial charge in [0.25, 0.3) is 0 Å². The summed E-state index contributed by atoms with van der Waals surface area (Å²) in [5, 5.41) is 7.58. The lowest BCUT2D eigenvalue weighted by Gasteiger charge is -2.21. The van der Waals surface area contributed by atoms with E-state index in [0.717, 1.165) is 30.0 Å². The van der Waals surface area contributed by atoms with Crippen molar-refractivity contribution in [2.45, 2.75) is 33.6 Å². The Morgan fingerprint density at radius 2 is 1.78 bits per heavy atom. The van der Waals surface area contributed by atoms with Gasteiger partial charge in [-0.1, -0.05) is 6.07 Å². The van der Waals surface area contributed by atoms with Crippen LogP contribution in [0, 0.1) is 26.7 Å². The van der Waals surface area contributed by atoms with Crippen LogP contribution in [0.25, 0.3) is 5.69 Å². The molecule has 1 aromatic heterocycles. The minimum absolute atomic E-state index is 0.0200. The highest BCUT2D eigenvalue weighted by atomic mass is 16.5. The molecule has 0 unspecified atom stereocenters. The van der Waals surface area contributed by atoms with Crippen molar-refractivity contribution >= 4 is 11.7 Å². The van der Waals surface area contributed by atoms with Crippen molar-refractivity contribution in [3.05, 3.63) is 41.1 Å². The van der Waals surface area contributed by atoms with Gasteiger partial charge in [-0.3, -0.25) is 4.79 Å². The van der Waals surface area contributed by atoms with Crippen LogP contribution in [-0.2, 0) is 9.53 Å². The van der Waals surface area contributed by atoms with Crippen LogP contribution in [0.5, 0.6) is 0 Å². The SMILES string of the molecule is Cc1cc(C)cc(-n2nc(C)cc2NC(=O)C2CCOCC2)c1. The van der Waals surface area contributed by atoms with Crippen LogP contribution in [0.2, 0.25) is 0 Å². The minimum atomic E-state index is 0.0200. The van der Waals surface area contributed by atoms with Gasteiger partial charge in [-0.25, -0.2) is 4.68 Å². The summed E-state index contributed by atoms with van der Waals surface area (Å²) in [5.74, 6) is 0.800. The molecule has 0 aliphatic carbocycles. The van der Waals surface area contributed by atoms with Crippen molar-refractivity contribution < 1.29 is 9.53 Å². The lowest BCUT2D eigenvalue weighted by molar-refractivity contribution is -0.122. The van der Waals surface area contributed by atoms with Gasteiger partial charge in [0.1, 0.15) is 5.82 Å². The first-order chi connectivity index (χ1) is 11.0. The lowest BCUT2D eigenvalue weighted by atomic mass is 9.99. The molecule has 5 heteroatoms. The predicted octanol–water partition coefficient (Wildman–Crippen LogP) is 3.16. The van der Waals surface area contributed by atoms with E-state index in [0.29, 0.717) is 13.2 Å². The van der Waals surface area contributed by atoms with Gasteiger partial charge in [0.2, 0.25) is 5.91 Å². The molecule has 0 bridgehead atoms. The van der Waals surface area contributed by atoms with Gasteiger partial charge >= 0.3 is 0 Å². The van der Waals surface area contributed by atoms with Crippen LogP contribution in [0.15, 0.2) is 24.3 Å². The zero-order chi connectivity index (χ0) is 16.4. The van der Waals surface area contributed by atoms with Gasteiger partial charge in [-0.05, 0) is 56.9 Å². The molecule has 122 valence electrons. The number of aryl methyl sites for hydroxylation is 3. The van der Waals surface area contributed by atoms with E-state index < -0.39 is 0 Å². The van der Waals surface area contributed by atoms with E-state index in [1.807, 2.05) is 17.7 Å². The number of hydrogen-bond acceptors (Lipinski definition) is 3. The standard InChI is InChI=1S/C18H23N3O2/c1-12-8-13(2)10-16(9-12)21-17(11-14(3)20-21)19-18(22)15-4-6-23-7-5-15/h8-11,15H,4-7H2,1-3H3,(H,19,22). The van der Waals surface area contributed by atoms with Crippen molar-refractivity contribution in [1.82, 2.24) is 9.78 Å². The molecule has 0 radical (unpaired) electrons. The molecule has 1 saturated heterocycles. The molecule has 5 nitrogen and oxygen atoms in total. The third-order valence-corrected chi connectivity index (χ3v) is 4.13. The molecular weight excluding hydrogens is 290 g/mol. The molecule has 0 atom stereocenters. The number of ether oxygens (including phenoxy) is 1. The molecule has 1 amide bonds. The highest BCUT2D eigenvalue weighted by Gasteiger charge is 2.23. The Kier molecular flexibility index (Phi) is 4.48. The Balaban J connectivity index is 1.87. The average molecular weight is 313 g/mol. The number of anilines is 1. The van der Waals surface area contributed by atoms with Crippen LogP contribution in [0.3, 0.4) is 0 Å². The summed E-state index contributed by atoms with van der Waals surface area (Å²) < 4.78 is 7.14. The number of nitrogens with zero attached hydrogens (tertiary/aromatic N) is 2. The van der Waals surface area contributed by atoms with Gasteiger partial charge < -0.3 is 10.1 Å². The zero-order valence-corrected chi connectivity index (χ0v) is 13.9. The van der Waals surface area contributed by atoms with E-state index >= 15 is 0 Å². The molecule has 1 aliphatic heterocycles. The number of nitrogens with one attached hydrogen (secondary N) is 1. The summed E-state index contributed by atoms with van der Waals surface area (Å²) in [4.78, 5) is 12.5. The maximum absolute atomic E-state index is 12.5. The largest absolute Gasteiger partial charge is 0.381 e. The summed E-state index contributed by atoms with van der Waals surface area (Å²) in [7, 11) is 0. The molecule has 1 fully saturated rings. The van der Waals surface area contributed by atoms with Crippen LogP contribution in [0.4, 0.5) is 5.82 Å². The number of aromatic nitrogens is 2. The molecule has 1 N–H and O–H groups in total. The number of rotatable bonds is 3. The Morgan fingerprint density at radius 1 is 1.13 bits per heavy atom. The number of hydrogen-bond donors (Lipinski definition) is 1. The van der Waals surface area contributed by atoms with E-state index in [9.17, 15) is 4.79 Å². The van der Waals surface area contributed by atoms with Crippen LogP contribution >= 0.6 is 0 Å². The number of amides is 1. The highest BCUT2D eigenvalue weighted by molar-refractivity contribution is 5.92. The van der Waals surface area contributed by atoms with Crippen molar-refractivity contribution in [1.29, 1.82) is 0 Å². The third kappa shape index (κ3) is 3.62. The topological polar surface area (TPSA) is 56.2 Å². The van der Waals surface area contributed by atoms with Crippen LogP contribution in [-0.4, -0.2) is 28.9 Å². The Morgan fingerprint density at radius 3 is 2.43 bits per heavy atom. The number of carbonyl (C=O) groups excluding carboxylic acids is 1. The Hall–Kier alpha value is -2.14. The summed E-state index contributed by atoms with van der Waals surface area (Å²) >= 11 is 0. The summed E-state index contributed by atoms with van der Waals surface area (Å²) in [6.07, 6.45) is 1.56. The summed E-state index contributed by atoms with van der Waals surface area (Å²) in [5.41, 5.74) is 4.20. The molecule has 2 aromatic rings. The number of benzene rings is 1. The fourth-order valence-electron chi connectivity index (χ4n) is 3.05. The first-order valence-electron chi connectivity index (χ1n) is 8.07. The molecular formula is C18H23N3O2. The third-order valence-electron chi connectivity index (χ3n) is 4.13. The van der Waals surface area contributed by atoms with Gasteiger partial charge in [0.15, 0.2) is 0 Å². The van der Waals surface area contributed by atoms with Gasteiger partial charge in [0, 0.05) is 25.2 Å². The Bertz CT molecular complexity index is 695. The first-order valence-corrected chi connectivity index (χ1v) is 8.07. The average Bonchev–Trinajstić information content (AvgIpc) is 2.88. The molecule has 2 heterocycles. The van der Waals surface area contributed by atoms with Gasteiger partial charge in [-0.2, -0.15) is 5.10 Å². The lowest BCUT2D eigenvalue weighted by Crippen LogP contribution is -2.29. The molecule has 3 rings (SSSR count). The maximum Gasteiger partial charge on any atom is 0.228 e. The predicted molar refractivity (Wildman–Crippen MR) is 89.9 cm³/mol. The van der Waals surface area contributed by atoms with Crippen molar-refractivity contribution in [2.75, 3.05) is 18.5 Å². The normalized spacial score (nSPS) is 15.6. The fraction of sp³-hybridized carbons (Fsp3) is 0.444.